The molecular formula is C18H19N3O2S. The van der Waals surface area contributed by atoms with E-state index in [1.165, 1.54) is 15.9 Å². The van der Waals surface area contributed by atoms with Gasteiger partial charge in [-0.2, -0.15) is 0 Å². The number of carbonyl (C=O) groups excluding carboxylic acids is 1. The highest BCUT2D eigenvalue weighted by Gasteiger charge is 2.22. The summed E-state index contributed by atoms with van der Waals surface area (Å²) in [5.41, 5.74) is 6.25. The Morgan fingerprint density at radius 1 is 1.21 bits per heavy atom. The Kier molecular flexibility index (Phi) is 4.24. The first-order valence-electron chi connectivity index (χ1n) is 7.81. The predicted molar refractivity (Wildman–Crippen MR) is 97.3 cm³/mol. The first-order valence-corrected chi connectivity index (χ1v) is 8.62. The molecule has 5 nitrogen and oxygen atoms in total. The van der Waals surface area contributed by atoms with Gasteiger partial charge in [-0.15, -0.1) is 11.3 Å². The molecule has 3 aromatic rings. The number of hydrogen-bond donors (Lipinski definition) is 1. The molecule has 0 aliphatic carbocycles. The molecule has 124 valence electrons. The molecule has 0 radical (unpaired) electrons. The van der Waals surface area contributed by atoms with E-state index in [2.05, 4.69) is 4.98 Å². The van der Waals surface area contributed by atoms with Crippen molar-refractivity contribution < 1.29 is 4.79 Å². The fraction of sp³-hybridized carbons (Fsp3) is 0.278. The minimum atomic E-state index is -0.730. The van der Waals surface area contributed by atoms with Crippen LogP contribution >= 0.6 is 11.3 Å². The van der Waals surface area contributed by atoms with Crippen molar-refractivity contribution in [2.24, 2.45) is 5.73 Å². The van der Waals surface area contributed by atoms with Crippen LogP contribution in [0, 0.1) is 0 Å². The van der Waals surface area contributed by atoms with E-state index in [9.17, 15) is 9.59 Å². The van der Waals surface area contributed by atoms with Gasteiger partial charge in [0.05, 0.1) is 5.39 Å². The Morgan fingerprint density at radius 3 is 2.46 bits per heavy atom. The topological polar surface area (TPSA) is 78.0 Å². The van der Waals surface area contributed by atoms with Gasteiger partial charge in [0.1, 0.15) is 16.7 Å². The molecule has 3 rings (SSSR count). The van der Waals surface area contributed by atoms with Crippen LogP contribution < -0.4 is 11.3 Å². The van der Waals surface area contributed by atoms with Crippen LogP contribution in [0.25, 0.3) is 20.7 Å². The Morgan fingerprint density at radius 2 is 1.88 bits per heavy atom. The Bertz CT molecular complexity index is 958. The van der Waals surface area contributed by atoms with Crippen LogP contribution in [0.15, 0.2) is 41.2 Å². The molecule has 24 heavy (non-hydrogen) atoms. The van der Waals surface area contributed by atoms with Gasteiger partial charge in [0, 0.05) is 10.8 Å². The van der Waals surface area contributed by atoms with Gasteiger partial charge >= 0.3 is 0 Å². The summed E-state index contributed by atoms with van der Waals surface area (Å²) in [6.07, 6.45) is 0. The van der Waals surface area contributed by atoms with Crippen molar-refractivity contribution in [2.75, 3.05) is 0 Å². The number of carbonyl (C=O) groups is 1. The number of fused-ring (bicyclic) bond motifs is 1. The van der Waals surface area contributed by atoms with Gasteiger partial charge in [-0.1, -0.05) is 44.2 Å². The second-order valence-electron chi connectivity index (χ2n) is 6.07. The quantitative estimate of drug-likeness (QED) is 0.791. The number of primary amides is 1. The van der Waals surface area contributed by atoms with Gasteiger partial charge in [0.2, 0.25) is 5.91 Å². The largest absolute Gasteiger partial charge is 0.368 e. The zero-order chi connectivity index (χ0) is 17.4. The van der Waals surface area contributed by atoms with Crippen molar-refractivity contribution in [1.82, 2.24) is 9.55 Å². The highest BCUT2D eigenvalue weighted by Crippen LogP contribution is 2.32. The van der Waals surface area contributed by atoms with Crippen LogP contribution in [0.3, 0.4) is 0 Å². The molecule has 0 saturated heterocycles. The second-order valence-corrected chi connectivity index (χ2v) is 7.10. The van der Waals surface area contributed by atoms with Crippen LogP contribution in [-0.2, 0) is 4.79 Å². The summed E-state index contributed by atoms with van der Waals surface area (Å²) in [4.78, 5) is 30.9. The van der Waals surface area contributed by atoms with Gasteiger partial charge in [-0.3, -0.25) is 14.2 Å². The highest BCUT2D eigenvalue weighted by molar-refractivity contribution is 7.21. The summed E-state index contributed by atoms with van der Waals surface area (Å²) in [6, 6.07) is 11.0. The smallest absolute Gasteiger partial charge is 0.263 e. The summed E-state index contributed by atoms with van der Waals surface area (Å²) in [6.45, 7) is 5.53. The number of benzene rings is 1. The zero-order valence-electron chi connectivity index (χ0n) is 13.8. The molecule has 2 aromatic heterocycles. The maximum atomic E-state index is 13.0. The fourth-order valence-electron chi connectivity index (χ4n) is 2.66. The van der Waals surface area contributed by atoms with E-state index in [-0.39, 0.29) is 11.5 Å². The maximum Gasteiger partial charge on any atom is 0.263 e. The third-order valence-electron chi connectivity index (χ3n) is 4.00. The summed E-state index contributed by atoms with van der Waals surface area (Å²) >= 11 is 1.48. The molecule has 1 unspecified atom stereocenters. The van der Waals surface area contributed by atoms with Crippen LogP contribution in [-0.4, -0.2) is 15.5 Å². The van der Waals surface area contributed by atoms with Crippen LogP contribution in [0.5, 0.6) is 0 Å². The first-order chi connectivity index (χ1) is 11.4. The minimum absolute atomic E-state index is 0.00572. The van der Waals surface area contributed by atoms with E-state index in [4.69, 9.17) is 5.73 Å². The van der Waals surface area contributed by atoms with Crippen LogP contribution in [0.4, 0.5) is 0 Å². The lowest BCUT2D eigenvalue weighted by Gasteiger charge is -2.18. The van der Waals surface area contributed by atoms with Crippen LogP contribution in [0.2, 0.25) is 0 Å². The van der Waals surface area contributed by atoms with Gasteiger partial charge in [0.25, 0.3) is 5.56 Å². The van der Waals surface area contributed by atoms with Gasteiger partial charge < -0.3 is 5.73 Å². The number of rotatable bonds is 4. The molecule has 0 aliphatic rings. The average molecular weight is 341 g/mol. The summed E-state index contributed by atoms with van der Waals surface area (Å²) in [7, 11) is 0. The van der Waals surface area contributed by atoms with Crippen molar-refractivity contribution >= 4 is 27.5 Å². The molecule has 0 bridgehead atoms. The highest BCUT2D eigenvalue weighted by atomic mass is 32.1. The molecule has 1 amide bonds. The molecule has 0 saturated carbocycles. The maximum absolute atomic E-state index is 13.0. The number of hydrogen-bond acceptors (Lipinski definition) is 4. The lowest BCUT2D eigenvalue weighted by molar-refractivity contribution is -0.120. The summed E-state index contributed by atoms with van der Waals surface area (Å²) in [5.74, 6) is 0.0464. The third kappa shape index (κ3) is 2.73. The van der Waals surface area contributed by atoms with E-state index in [0.717, 1.165) is 10.4 Å². The van der Waals surface area contributed by atoms with E-state index >= 15 is 0 Å². The molecule has 1 aromatic carbocycles. The van der Waals surface area contributed by atoms with Crippen molar-refractivity contribution in [3.05, 3.63) is 52.6 Å². The molecule has 0 fully saturated rings. The standard InChI is InChI=1S/C18H19N3O2S/c1-10(2)16-20-17-13(18(23)21(16)11(3)15(19)22)9-14(24-17)12-7-5-4-6-8-12/h4-11H,1-3H3,(H2,19,22). The van der Waals surface area contributed by atoms with E-state index in [0.29, 0.717) is 16.0 Å². The van der Waals surface area contributed by atoms with Crippen molar-refractivity contribution in [3.8, 4) is 10.4 Å². The molecule has 2 N–H and O–H groups in total. The Labute approximate surface area is 143 Å². The van der Waals surface area contributed by atoms with Gasteiger partial charge in [-0.25, -0.2) is 4.98 Å². The number of nitrogens with two attached hydrogens (primary N) is 1. The third-order valence-corrected chi connectivity index (χ3v) is 5.08. The Balaban J connectivity index is 2.29. The van der Waals surface area contributed by atoms with Crippen LogP contribution in [0.1, 0.15) is 38.6 Å². The number of thiophene rings is 1. The Hall–Kier alpha value is -2.47. The molecule has 1 atom stereocenters. The first kappa shape index (κ1) is 16.4. The molecule has 0 aliphatic heterocycles. The van der Waals surface area contributed by atoms with E-state index in [1.807, 2.05) is 50.2 Å². The minimum Gasteiger partial charge on any atom is -0.368 e. The summed E-state index contributed by atoms with van der Waals surface area (Å²) < 4.78 is 1.43. The molecule has 0 spiro atoms. The average Bonchev–Trinajstić information content (AvgIpc) is 2.99. The lowest BCUT2D eigenvalue weighted by Crippen LogP contribution is -2.35. The van der Waals surface area contributed by atoms with Gasteiger partial charge in [0.15, 0.2) is 0 Å². The lowest BCUT2D eigenvalue weighted by atomic mass is 10.1. The van der Waals surface area contributed by atoms with Gasteiger partial charge in [-0.05, 0) is 18.6 Å². The van der Waals surface area contributed by atoms with E-state index < -0.39 is 11.9 Å². The normalized spacial score (nSPS) is 12.7. The molecule has 6 heteroatoms. The number of nitrogens with zero attached hydrogens (tertiary/aromatic N) is 2. The molecular weight excluding hydrogens is 322 g/mol. The van der Waals surface area contributed by atoms with Crippen molar-refractivity contribution in [2.45, 2.75) is 32.7 Å². The predicted octanol–water partition coefficient (Wildman–Crippen LogP) is 3.29. The second kappa shape index (κ2) is 6.20. The monoisotopic (exact) mass is 341 g/mol. The zero-order valence-corrected chi connectivity index (χ0v) is 14.6. The number of aromatic nitrogens is 2. The summed E-state index contributed by atoms with van der Waals surface area (Å²) in [5, 5.41) is 0.524. The number of amides is 1. The van der Waals surface area contributed by atoms with Crippen molar-refractivity contribution in [3.63, 3.8) is 0 Å². The fourth-order valence-corrected chi connectivity index (χ4v) is 3.70. The van der Waals surface area contributed by atoms with Crippen molar-refractivity contribution in [1.29, 1.82) is 0 Å². The molecule has 2 heterocycles. The van der Waals surface area contributed by atoms with E-state index in [1.54, 1.807) is 6.92 Å². The SMILES string of the molecule is CC(C)c1nc2sc(-c3ccccc3)cc2c(=O)n1C(C)C(N)=O.